The van der Waals surface area contributed by atoms with Gasteiger partial charge in [-0.1, -0.05) is 30.3 Å². The van der Waals surface area contributed by atoms with Gasteiger partial charge >= 0.3 is 5.51 Å². The number of rotatable bonds is 6. The first kappa shape index (κ1) is 22.1. The number of nitrogens with zero attached hydrogens (tertiary/aromatic N) is 1. The molecular formula is C21H23F3N2O3S. The summed E-state index contributed by atoms with van der Waals surface area (Å²) >= 11 is 0. The molecule has 1 aliphatic heterocycles. The highest BCUT2D eigenvalue weighted by atomic mass is 32.2. The largest absolute Gasteiger partial charge is 0.501 e. The predicted octanol–water partition coefficient (Wildman–Crippen LogP) is 3.70. The molecule has 162 valence electrons. The second-order valence-corrected chi connectivity index (χ2v) is 9.20. The zero-order valence-corrected chi connectivity index (χ0v) is 17.0. The van der Waals surface area contributed by atoms with Crippen molar-refractivity contribution in [3.05, 3.63) is 60.2 Å². The van der Waals surface area contributed by atoms with E-state index in [1.807, 2.05) is 35.2 Å². The van der Waals surface area contributed by atoms with E-state index in [-0.39, 0.29) is 11.9 Å². The van der Waals surface area contributed by atoms with Crippen LogP contribution in [0.5, 0.6) is 0 Å². The fraction of sp³-hybridized carbons (Fsp3) is 0.381. The Labute approximate surface area is 173 Å². The summed E-state index contributed by atoms with van der Waals surface area (Å²) < 4.78 is 60.8. The summed E-state index contributed by atoms with van der Waals surface area (Å²) in [5.74, 6) is -0.000914. The molecule has 0 unspecified atom stereocenters. The number of anilines is 1. The van der Waals surface area contributed by atoms with Gasteiger partial charge in [-0.2, -0.15) is 13.2 Å². The molecule has 30 heavy (non-hydrogen) atoms. The van der Waals surface area contributed by atoms with Gasteiger partial charge in [0.2, 0.25) is 5.91 Å². The first-order valence-electron chi connectivity index (χ1n) is 9.66. The Balaban J connectivity index is 1.49. The lowest BCUT2D eigenvalue weighted by atomic mass is 10.0. The van der Waals surface area contributed by atoms with Gasteiger partial charge in [0.05, 0.1) is 4.90 Å². The third-order valence-corrected chi connectivity index (χ3v) is 6.66. The number of aryl methyl sites for hydroxylation is 1. The first-order valence-corrected chi connectivity index (χ1v) is 11.1. The van der Waals surface area contributed by atoms with Crippen molar-refractivity contribution in [3.8, 4) is 0 Å². The molecule has 1 saturated heterocycles. The summed E-state index contributed by atoms with van der Waals surface area (Å²) in [6.07, 6.45) is 2.51. The number of benzene rings is 2. The van der Waals surface area contributed by atoms with Crippen LogP contribution < -0.4 is 10.2 Å². The van der Waals surface area contributed by atoms with Crippen LogP contribution in [0.1, 0.15) is 24.8 Å². The normalized spacial score (nSPS) is 15.8. The van der Waals surface area contributed by atoms with Crippen LogP contribution in [0.15, 0.2) is 59.5 Å². The van der Waals surface area contributed by atoms with Crippen molar-refractivity contribution in [3.63, 3.8) is 0 Å². The smallest absolute Gasteiger partial charge is 0.371 e. The van der Waals surface area contributed by atoms with Crippen LogP contribution >= 0.6 is 0 Å². The monoisotopic (exact) mass is 440 g/mol. The predicted molar refractivity (Wildman–Crippen MR) is 108 cm³/mol. The van der Waals surface area contributed by atoms with Crippen LogP contribution in [0.25, 0.3) is 0 Å². The average molecular weight is 440 g/mol. The van der Waals surface area contributed by atoms with Crippen molar-refractivity contribution >= 4 is 21.4 Å². The Bertz CT molecular complexity index is 953. The molecule has 0 aromatic heterocycles. The molecule has 1 aliphatic rings. The topological polar surface area (TPSA) is 66.5 Å². The summed E-state index contributed by atoms with van der Waals surface area (Å²) in [6.45, 7) is 1.24. The van der Waals surface area contributed by atoms with Crippen molar-refractivity contribution in [2.45, 2.75) is 42.1 Å². The van der Waals surface area contributed by atoms with Crippen molar-refractivity contribution in [2.24, 2.45) is 0 Å². The number of alkyl halides is 3. The number of hydrogen-bond donors (Lipinski definition) is 1. The van der Waals surface area contributed by atoms with E-state index in [1.54, 1.807) is 0 Å². The molecule has 9 heteroatoms. The summed E-state index contributed by atoms with van der Waals surface area (Å²) in [5, 5.41) is 3.04. The molecule has 1 N–H and O–H groups in total. The number of amides is 1. The summed E-state index contributed by atoms with van der Waals surface area (Å²) in [4.78, 5) is 13.4. The minimum absolute atomic E-state index is 0.000914. The van der Waals surface area contributed by atoms with Crippen LogP contribution in [0.2, 0.25) is 0 Å². The highest BCUT2D eigenvalue weighted by molar-refractivity contribution is 7.92. The van der Waals surface area contributed by atoms with E-state index >= 15 is 0 Å². The Kier molecular flexibility index (Phi) is 6.70. The van der Waals surface area contributed by atoms with Gasteiger partial charge in [-0.3, -0.25) is 4.79 Å². The maximum absolute atomic E-state index is 12.6. The van der Waals surface area contributed by atoms with Gasteiger partial charge in [0.15, 0.2) is 0 Å². The number of sulfone groups is 1. The molecule has 1 fully saturated rings. The van der Waals surface area contributed by atoms with E-state index in [2.05, 4.69) is 5.32 Å². The summed E-state index contributed by atoms with van der Waals surface area (Å²) in [5.41, 5.74) is -3.55. The molecule has 1 amide bonds. The molecule has 0 spiro atoms. The van der Waals surface area contributed by atoms with Crippen molar-refractivity contribution < 1.29 is 26.4 Å². The molecule has 5 nitrogen and oxygen atoms in total. The van der Waals surface area contributed by atoms with Crippen molar-refractivity contribution in [1.82, 2.24) is 5.32 Å². The molecule has 1 heterocycles. The molecule has 0 aliphatic carbocycles. The molecular weight excluding hydrogens is 417 g/mol. The number of halogens is 3. The van der Waals surface area contributed by atoms with Gasteiger partial charge in [-0.25, -0.2) is 8.42 Å². The maximum Gasteiger partial charge on any atom is 0.501 e. The average Bonchev–Trinajstić information content (AvgIpc) is 2.73. The number of carbonyl (C=O) groups is 1. The minimum atomic E-state index is -5.34. The fourth-order valence-electron chi connectivity index (χ4n) is 3.45. The molecule has 0 saturated carbocycles. The van der Waals surface area contributed by atoms with E-state index in [0.29, 0.717) is 44.5 Å². The van der Waals surface area contributed by atoms with Crippen molar-refractivity contribution in [1.29, 1.82) is 0 Å². The number of nitrogens with one attached hydrogen (secondary N) is 1. The Morgan fingerprint density at radius 1 is 1.00 bits per heavy atom. The zero-order chi connectivity index (χ0) is 21.8. The van der Waals surface area contributed by atoms with E-state index < -0.39 is 20.2 Å². The van der Waals surface area contributed by atoms with Crippen molar-refractivity contribution in [2.75, 3.05) is 18.0 Å². The van der Waals surface area contributed by atoms with Crippen LogP contribution in [0.3, 0.4) is 0 Å². The highest BCUT2D eigenvalue weighted by Crippen LogP contribution is 2.31. The Morgan fingerprint density at radius 3 is 2.17 bits per heavy atom. The highest BCUT2D eigenvalue weighted by Gasteiger charge is 2.46. The molecule has 2 aromatic carbocycles. The standard InChI is InChI=1S/C21H23F3N2O3S/c22-21(23,24)30(28,29)19-9-7-18(8-10-19)26-14-12-17(13-15-26)25-20(27)11-6-16-4-2-1-3-5-16/h1-5,7-10,17H,6,11-15H2,(H,25,27). The third-order valence-electron chi connectivity index (χ3n) is 5.16. The van der Waals surface area contributed by atoms with Gasteiger partial charge in [-0.05, 0) is 49.1 Å². The van der Waals surface area contributed by atoms with Gasteiger partial charge in [0.1, 0.15) is 0 Å². The third kappa shape index (κ3) is 5.33. The SMILES string of the molecule is O=C(CCc1ccccc1)NC1CCN(c2ccc(S(=O)(=O)C(F)(F)F)cc2)CC1. The van der Waals surface area contributed by atoms with Crippen LogP contribution in [-0.2, 0) is 21.1 Å². The molecule has 3 rings (SSSR count). The number of hydrogen-bond acceptors (Lipinski definition) is 4. The Hall–Kier alpha value is -2.55. The molecule has 0 radical (unpaired) electrons. The minimum Gasteiger partial charge on any atom is -0.371 e. The lowest BCUT2D eigenvalue weighted by Crippen LogP contribution is -2.44. The fourth-order valence-corrected chi connectivity index (χ4v) is 4.22. The van der Waals surface area contributed by atoms with E-state index in [0.717, 1.165) is 17.7 Å². The van der Waals surface area contributed by atoms with Gasteiger partial charge < -0.3 is 10.2 Å². The van der Waals surface area contributed by atoms with Crippen LogP contribution in [0, 0.1) is 0 Å². The first-order chi connectivity index (χ1) is 14.2. The number of carbonyl (C=O) groups excluding carboxylic acids is 1. The van der Waals surface area contributed by atoms with Gasteiger partial charge in [0, 0.05) is 31.2 Å². The second kappa shape index (κ2) is 9.07. The molecule has 0 bridgehead atoms. The van der Waals surface area contributed by atoms with E-state index in [1.165, 1.54) is 12.1 Å². The van der Waals surface area contributed by atoms with Gasteiger partial charge in [0.25, 0.3) is 9.84 Å². The van der Waals surface area contributed by atoms with E-state index in [9.17, 15) is 26.4 Å². The number of piperidine rings is 1. The lowest BCUT2D eigenvalue weighted by molar-refractivity contribution is -0.121. The molecule has 0 atom stereocenters. The van der Waals surface area contributed by atoms with Crippen LogP contribution in [0.4, 0.5) is 18.9 Å². The van der Waals surface area contributed by atoms with Crippen LogP contribution in [-0.4, -0.2) is 39.0 Å². The summed E-state index contributed by atoms with van der Waals surface area (Å²) in [7, 11) is -5.34. The second-order valence-electron chi connectivity index (χ2n) is 7.26. The molecule has 2 aromatic rings. The maximum atomic E-state index is 12.6. The zero-order valence-electron chi connectivity index (χ0n) is 16.2. The lowest BCUT2D eigenvalue weighted by Gasteiger charge is -2.34. The van der Waals surface area contributed by atoms with Gasteiger partial charge in [-0.15, -0.1) is 0 Å². The van der Waals surface area contributed by atoms with E-state index in [4.69, 9.17) is 0 Å². The Morgan fingerprint density at radius 2 is 1.60 bits per heavy atom. The quantitative estimate of drug-likeness (QED) is 0.744. The summed E-state index contributed by atoms with van der Waals surface area (Å²) in [6, 6.07) is 14.6.